The summed E-state index contributed by atoms with van der Waals surface area (Å²) in [5, 5.41) is 0. The number of aryl methyl sites for hydroxylation is 1. The summed E-state index contributed by atoms with van der Waals surface area (Å²) in [5.74, 6) is 0. The highest BCUT2D eigenvalue weighted by molar-refractivity contribution is 5.14. The zero-order valence-electron chi connectivity index (χ0n) is 18.5. The van der Waals surface area contributed by atoms with Crippen molar-refractivity contribution < 1.29 is 21.5 Å². The standard InChI is InChI=1S/C25H46N.BrH/c1-4-6-8-10-16-22-26(3,23-17-11-9-7-5-2)24-18-15-21-25-19-13-12-14-20-25;/h12-14,19-20H,4-11,15-18,21-24H2,1-3H3;1H/q+1;/p-1. The lowest BCUT2D eigenvalue weighted by molar-refractivity contribution is -0.910. The van der Waals surface area contributed by atoms with E-state index >= 15 is 0 Å². The molecule has 2 heteroatoms. The van der Waals surface area contributed by atoms with Crippen LogP contribution >= 0.6 is 0 Å². The van der Waals surface area contributed by atoms with Crippen LogP contribution in [0.1, 0.15) is 96.5 Å². The quantitative estimate of drug-likeness (QED) is 0.249. The Morgan fingerprint density at radius 2 is 1.04 bits per heavy atom. The van der Waals surface area contributed by atoms with Crippen LogP contribution in [0.5, 0.6) is 0 Å². The Morgan fingerprint density at radius 1 is 0.593 bits per heavy atom. The lowest BCUT2D eigenvalue weighted by Gasteiger charge is -2.35. The Labute approximate surface area is 181 Å². The first-order chi connectivity index (χ1) is 12.7. The van der Waals surface area contributed by atoms with E-state index in [1.165, 1.54) is 113 Å². The maximum atomic E-state index is 2.53. The van der Waals surface area contributed by atoms with Crippen molar-refractivity contribution in [2.24, 2.45) is 0 Å². The highest BCUT2D eigenvalue weighted by Crippen LogP contribution is 2.15. The summed E-state index contributed by atoms with van der Waals surface area (Å²) in [6.45, 7) is 8.77. The largest absolute Gasteiger partial charge is 1.00 e. The molecule has 0 fully saturated rings. The minimum Gasteiger partial charge on any atom is -1.00 e. The average molecular weight is 441 g/mol. The molecule has 0 spiro atoms. The molecule has 0 bridgehead atoms. The van der Waals surface area contributed by atoms with Crippen molar-refractivity contribution >= 4 is 0 Å². The molecule has 0 aromatic heterocycles. The molecular weight excluding hydrogens is 394 g/mol. The molecule has 0 N–H and O–H groups in total. The summed E-state index contributed by atoms with van der Waals surface area (Å²) in [6, 6.07) is 11.0. The fourth-order valence-electron chi connectivity index (χ4n) is 4.00. The minimum absolute atomic E-state index is 0. The molecule has 27 heavy (non-hydrogen) atoms. The van der Waals surface area contributed by atoms with Crippen molar-refractivity contribution in [1.29, 1.82) is 0 Å². The van der Waals surface area contributed by atoms with E-state index < -0.39 is 0 Å². The summed E-state index contributed by atoms with van der Waals surface area (Å²) in [4.78, 5) is 0. The predicted octanol–water partition coefficient (Wildman–Crippen LogP) is 4.40. The lowest BCUT2D eigenvalue weighted by Crippen LogP contribution is -3.00. The van der Waals surface area contributed by atoms with Crippen LogP contribution in [0.2, 0.25) is 0 Å². The van der Waals surface area contributed by atoms with Crippen molar-refractivity contribution in [2.45, 2.75) is 97.3 Å². The maximum absolute atomic E-state index is 2.53. The van der Waals surface area contributed by atoms with Crippen molar-refractivity contribution in [3.8, 4) is 0 Å². The number of benzene rings is 1. The fourth-order valence-corrected chi connectivity index (χ4v) is 4.00. The molecule has 0 aliphatic heterocycles. The number of quaternary nitrogens is 1. The van der Waals surface area contributed by atoms with Gasteiger partial charge in [0.25, 0.3) is 0 Å². The SMILES string of the molecule is CCCCCCC[N+](C)(CCCCCCC)CCCCc1ccccc1.[Br-]. The second-order valence-corrected chi connectivity index (χ2v) is 8.56. The second-order valence-electron chi connectivity index (χ2n) is 8.56. The molecule has 0 heterocycles. The van der Waals surface area contributed by atoms with Gasteiger partial charge in [0, 0.05) is 0 Å². The van der Waals surface area contributed by atoms with Crippen LogP contribution in [0.25, 0.3) is 0 Å². The number of unbranched alkanes of at least 4 members (excludes halogenated alkanes) is 9. The van der Waals surface area contributed by atoms with Crippen LogP contribution in [0.4, 0.5) is 0 Å². The molecule has 0 atom stereocenters. The summed E-state index contributed by atoms with van der Waals surface area (Å²) in [6.07, 6.45) is 18.0. The van der Waals surface area contributed by atoms with E-state index in [1.807, 2.05) is 0 Å². The molecular formula is C25H46BrN. The van der Waals surface area contributed by atoms with Gasteiger partial charge >= 0.3 is 0 Å². The smallest absolute Gasteiger partial charge is 0.0784 e. The molecule has 0 amide bonds. The van der Waals surface area contributed by atoms with Crippen LogP contribution in [0.3, 0.4) is 0 Å². The maximum Gasteiger partial charge on any atom is 0.0784 e. The normalized spacial score (nSPS) is 11.4. The molecule has 0 saturated heterocycles. The monoisotopic (exact) mass is 439 g/mol. The Hall–Kier alpha value is -0.340. The van der Waals surface area contributed by atoms with Gasteiger partial charge in [-0.05, 0) is 50.5 Å². The molecule has 1 aromatic carbocycles. The second kappa shape index (κ2) is 17.7. The van der Waals surface area contributed by atoms with E-state index in [0.29, 0.717) is 0 Å². The number of rotatable bonds is 17. The summed E-state index contributed by atoms with van der Waals surface area (Å²) >= 11 is 0. The van der Waals surface area contributed by atoms with Gasteiger partial charge in [-0.2, -0.15) is 0 Å². The minimum atomic E-state index is 0. The Morgan fingerprint density at radius 3 is 1.52 bits per heavy atom. The summed E-state index contributed by atoms with van der Waals surface area (Å²) in [7, 11) is 2.53. The molecule has 158 valence electrons. The third-order valence-corrected chi connectivity index (χ3v) is 5.86. The first kappa shape index (κ1) is 26.7. The Bertz CT molecular complexity index is 404. The van der Waals surface area contributed by atoms with Gasteiger partial charge in [0.15, 0.2) is 0 Å². The topological polar surface area (TPSA) is 0 Å². The van der Waals surface area contributed by atoms with Crippen molar-refractivity contribution in [1.82, 2.24) is 0 Å². The van der Waals surface area contributed by atoms with Gasteiger partial charge in [-0.3, -0.25) is 0 Å². The molecule has 1 nitrogen and oxygen atoms in total. The van der Waals surface area contributed by atoms with Crippen molar-refractivity contribution in [3.05, 3.63) is 35.9 Å². The van der Waals surface area contributed by atoms with Gasteiger partial charge in [0.2, 0.25) is 0 Å². The van der Waals surface area contributed by atoms with Gasteiger partial charge in [-0.1, -0.05) is 82.7 Å². The van der Waals surface area contributed by atoms with Crippen LogP contribution in [0, 0.1) is 0 Å². The van der Waals surface area contributed by atoms with Gasteiger partial charge in [0.1, 0.15) is 0 Å². The fraction of sp³-hybridized carbons (Fsp3) is 0.760. The van der Waals surface area contributed by atoms with E-state index in [-0.39, 0.29) is 17.0 Å². The Kier molecular flexibility index (Phi) is 17.5. The average Bonchev–Trinajstić information content (AvgIpc) is 2.66. The van der Waals surface area contributed by atoms with Crippen LogP contribution in [0.15, 0.2) is 30.3 Å². The van der Waals surface area contributed by atoms with Crippen LogP contribution < -0.4 is 17.0 Å². The lowest BCUT2D eigenvalue weighted by atomic mass is 10.1. The van der Waals surface area contributed by atoms with Crippen LogP contribution in [-0.2, 0) is 6.42 Å². The highest BCUT2D eigenvalue weighted by atomic mass is 79.9. The van der Waals surface area contributed by atoms with Gasteiger partial charge in [-0.15, -0.1) is 0 Å². The molecule has 1 rings (SSSR count). The van der Waals surface area contributed by atoms with Crippen LogP contribution in [-0.4, -0.2) is 31.2 Å². The molecule has 0 radical (unpaired) electrons. The third-order valence-electron chi connectivity index (χ3n) is 5.86. The van der Waals surface area contributed by atoms with Crippen molar-refractivity contribution in [3.63, 3.8) is 0 Å². The van der Waals surface area contributed by atoms with Gasteiger partial charge in [-0.25, -0.2) is 0 Å². The third kappa shape index (κ3) is 14.3. The highest BCUT2D eigenvalue weighted by Gasteiger charge is 2.20. The molecule has 1 aromatic rings. The van der Waals surface area contributed by atoms with E-state index in [1.54, 1.807) is 0 Å². The number of halogens is 1. The molecule has 0 saturated carbocycles. The molecule has 0 unspecified atom stereocenters. The van der Waals surface area contributed by atoms with Gasteiger partial charge < -0.3 is 21.5 Å². The predicted molar refractivity (Wildman–Crippen MR) is 118 cm³/mol. The Balaban J connectivity index is 0.00000676. The first-order valence-electron chi connectivity index (χ1n) is 11.6. The first-order valence-corrected chi connectivity index (χ1v) is 11.6. The van der Waals surface area contributed by atoms with Gasteiger partial charge in [0.05, 0.1) is 26.7 Å². The molecule has 0 aliphatic rings. The molecule has 0 aliphatic carbocycles. The number of hydrogen-bond acceptors (Lipinski definition) is 0. The number of hydrogen-bond donors (Lipinski definition) is 0. The summed E-state index contributed by atoms with van der Waals surface area (Å²) in [5.41, 5.74) is 1.50. The summed E-state index contributed by atoms with van der Waals surface area (Å²) < 4.78 is 1.31. The van der Waals surface area contributed by atoms with E-state index in [9.17, 15) is 0 Å². The van der Waals surface area contributed by atoms with E-state index in [2.05, 4.69) is 51.2 Å². The van der Waals surface area contributed by atoms with E-state index in [4.69, 9.17) is 0 Å². The zero-order valence-corrected chi connectivity index (χ0v) is 20.1. The number of nitrogens with zero attached hydrogens (tertiary/aromatic N) is 1. The van der Waals surface area contributed by atoms with E-state index in [0.717, 1.165) is 0 Å². The zero-order chi connectivity index (χ0) is 18.9. The van der Waals surface area contributed by atoms with Crippen molar-refractivity contribution in [2.75, 3.05) is 26.7 Å².